The molecule has 6 nitrogen and oxygen atoms in total. The van der Waals surface area contributed by atoms with Crippen molar-refractivity contribution in [2.45, 2.75) is 51.8 Å². The van der Waals surface area contributed by atoms with Gasteiger partial charge in [-0.3, -0.25) is 9.78 Å². The second kappa shape index (κ2) is 8.64. The van der Waals surface area contributed by atoms with Gasteiger partial charge in [0.2, 0.25) is 5.91 Å². The van der Waals surface area contributed by atoms with Gasteiger partial charge in [0.1, 0.15) is 5.60 Å². The monoisotopic (exact) mass is 395 g/mol. The van der Waals surface area contributed by atoms with Gasteiger partial charge in [-0.05, 0) is 45.4 Å². The largest absolute Gasteiger partial charge is 0.444 e. The maximum Gasteiger partial charge on any atom is 0.408 e. The lowest BCUT2D eigenvalue weighted by Crippen LogP contribution is -2.39. The van der Waals surface area contributed by atoms with E-state index < -0.39 is 17.7 Å². The maximum atomic E-state index is 12.8. The van der Waals surface area contributed by atoms with Crippen LogP contribution in [0.4, 0.5) is 4.79 Å². The highest BCUT2D eigenvalue weighted by molar-refractivity contribution is 5.79. The molecule has 154 valence electrons. The zero-order valence-electron chi connectivity index (χ0n) is 17.5. The zero-order valence-corrected chi connectivity index (χ0v) is 17.5. The minimum absolute atomic E-state index is 0.0281. The summed E-state index contributed by atoms with van der Waals surface area (Å²) in [5.74, 6) is -0.00523. The lowest BCUT2D eigenvalue weighted by molar-refractivity contribution is -0.129. The molecule has 0 aliphatic carbocycles. The van der Waals surface area contributed by atoms with Crippen molar-refractivity contribution < 1.29 is 14.3 Å². The van der Waals surface area contributed by atoms with Gasteiger partial charge in [0, 0.05) is 25.1 Å². The van der Waals surface area contributed by atoms with Crippen LogP contribution in [0.5, 0.6) is 0 Å². The van der Waals surface area contributed by atoms with E-state index in [0.717, 1.165) is 11.3 Å². The number of benzene rings is 1. The standard InChI is InChI=1S/C23H29N3O3/c1-16(17-10-6-5-7-11-17)26-15-18(14-20(26)27)21(19-12-8-9-13-24-19)25-22(28)29-23(2,3)4/h5-13,16,18,21H,14-15H2,1-4H3,(H,25,28)/t16-,18-,21?/m1/s1. The number of carbonyl (C=O) groups is 2. The number of hydrogen-bond acceptors (Lipinski definition) is 4. The Kier molecular flexibility index (Phi) is 6.20. The lowest BCUT2D eigenvalue weighted by atomic mass is 9.95. The van der Waals surface area contributed by atoms with E-state index >= 15 is 0 Å². The van der Waals surface area contributed by atoms with E-state index in [1.807, 2.05) is 81.1 Å². The number of nitrogens with one attached hydrogen (secondary N) is 1. The van der Waals surface area contributed by atoms with E-state index in [1.54, 1.807) is 6.20 Å². The summed E-state index contributed by atoms with van der Waals surface area (Å²) in [6, 6.07) is 15.1. The van der Waals surface area contributed by atoms with E-state index in [-0.39, 0.29) is 17.9 Å². The molecular weight excluding hydrogens is 366 g/mol. The summed E-state index contributed by atoms with van der Waals surface area (Å²) in [6.45, 7) is 8.05. The van der Waals surface area contributed by atoms with Crippen LogP contribution < -0.4 is 5.32 Å². The molecular formula is C23H29N3O3. The molecule has 0 saturated carbocycles. The predicted octanol–water partition coefficient (Wildman–Crippen LogP) is 4.26. The minimum atomic E-state index is -0.599. The van der Waals surface area contributed by atoms with Crippen LogP contribution in [-0.4, -0.2) is 34.0 Å². The zero-order chi connectivity index (χ0) is 21.0. The molecule has 1 aliphatic heterocycles. The SMILES string of the molecule is C[C@H](c1ccccc1)N1C[C@H](C(NC(=O)OC(C)(C)C)c2ccccn2)CC1=O. The van der Waals surface area contributed by atoms with Crippen molar-refractivity contribution >= 4 is 12.0 Å². The molecule has 1 saturated heterocycles. The van der Waals surface area contributed by atoms with Crippen LogP contribution in [0.3, 0.4) is 0 Å². The quantitative estimate of drug-likeness (QED) is 0.821. The maximum absolute atomic E-state index is 12.8. The molecule has 1 N–H and O–H groups in total. The van der Waals surface area contributed by atoms with Crippen molar-refractivity contribution in [1.29, 1.82) is 0 Å². The molecule has 3 rings (SSSR count). The average molecular weight is 396 g/mol. The van der Waals surface area contributed by atoms with Crippen LogP contribution in [0.25, 0.3) is 0 Å². The van der Waals surface area contributed by atoms with Crippen LogP contribution >= 0.6 is 0 Å². The van der Waals surface area contributed by atoms with Crippen molar-refractivity contribution in [2.75, 3.05) is 6.54 Å². The number of hydrogen-bond donors (Lipinski definition) is 1. The van der Waals surface area contributed by atoms with Gasteiger partial charge in [-0.2, -0.15) is 0 Å². The van der Waals surface area contributed by atoms with Gasteiger partial charge in [-0.25, -0.2) is 4.79 Å². The van der Waals surface area contributed by atoms with Crippen LogP contribution in [0.2, 0.25) is 0 Å². The fourth-order valence-corrected chi connectivity index (χ4v) is 3.70. The Bertz CT molecular complexity index is 833. The van der Waals surface area contributed by atoms with Crippen molar-refractivity contribution in [3.05, 3.63) is 66.0 Å². The molecule has 3 atom stereocenters. The molecule has 0 spiro atoms. The van der Waals surface area contributed by atoms with Gasteiger partial charge in [-0.1, -0.05) is 36.4 Å². The molecule has 2 heterocycles. The highest BCUT2D eigenvalue weighted by Gasteiger charge is 2.39. The number of ether oxygens (including phenoxy) is 1. The highest BCUT2D eigenvalue weighted by atomic mass is 16.6. The third-order valence-corrected chi connectivity index (χ3v) is 5.09. The first-order valence-electron chi connectivity index (χ1n) is 9.99. The first-order chi connectivity index (χ1) is 13.7. The molecule has 0 radical (unpaired) electrons. The van der Waals surface area contributed by atoms with Gasteiger partial charge in [0.05, 0.1) is 17.8 Å². The Hall–Kier alpha value is -2.89. The molecule has 1 unspecified atom stereocenters. The molecule has 2 aromatic rings. The van der Waals surface area contributed by atoms with Gasteiger partial charge in [0.15, 0.2) is 0 Å². The number of nitrogens with zero attached hydrogens (tertiary/aromatic N) is 2. The minimum Gasteiger partial charge on any atom is -0.444 e. The van der Waals surface area contributed by atoms with Crippen molar-refractivity contribution in [3.8, 4) is 0 Å². The lowest BCUT2D eigenvalue weighted by Gasteiger charge is -2.28. The first kappa shape index (κ1) is 20.8. The molecule has 2 amide bonds. The van der Waals surface area contributed by atoms with Gasteiger partial charge in [-0.15, -0.1) is 0 Å². The predicted molar refractivity (Wildman–Crippen MR) is 111 cm³/mol. The molecule has 6 heteroatoms. The number of aromatic nitrogens is 1. The highest BCUT2D eigenvalue weighted by Crippen LogP contribution is 2.35. The molecule has 29 heavy (non-hydrogen) atoms. The smallest absolute Gasteiger partial charge is 0.408 e. The van der Waals surface area contributed by atoms with Gasteiger partial charge >= 0.3 is 6.09 Å². The molecule has 1 aromatic heterocycles. The second-order valence-electron chi connectivity index (χ2n) is 8.48. The Morgan fingerprint density at radius 3 is 2.48 bits per heavy atom. The Labute approximate surface area is 172 Å². The van der Waals surface area contributed by atoms with Crippen LogP contribution in [0.1, 0.15) is 57.5 Å². The number of pyridine rings is 1. The number of amides is 2. The first-order valence-corrected chi connectivity index (χ1v) is 9.99. The number of carbonyl (C=O) groups excluding carboxylic acids is 2. The Morgan fingerprint density at radius 1 is 1.17 bits per heavy atom. The summed E-state index contributed by atoms with van der Waals surface area (Å²) >= 11 is 0. The third-order valence-electron chi connectivity index (χ3n) is 5.09. The van der Waals surface area contributed by atoms with Crippen molar-refractivity contribution in [3.63, 3.8) is 0 Å². The van der Waals surface area contributed by atoms with E-state index in [2.05, 4.69) is 10.3 Å². The summed E-state index contributed by atoms with van der Waals surface area (Å²) in [7, 11) is 0. The Balaban J connectivity index is 1.79. The van der Waals surface area contributed by atoms with E-state index in [4.69, 9.17) is 4.74 Å². The van der Waals surface area contributed by atoms with E-state index in [0.29, 0.717) is 13.0 Å². The molecule has 1 aromatic carbocycles. The topological polar surface area (TPSA) is 71.5 Å². The van der Waals surface area contributed by atoms with Crippen LogP contribution in [-0.2, 0) is 9.53 Å². The summed E-state index contributed by atoms with van der Waals surface area (Å²) in [6.07, 6.45) is 1.55. The second-order valence-corrected chi connectivity index (χ2v) is 8.48. The van der Waals surface area contributed by atoms with E-state index in [9.17, 15) is 9.59 Å². The fourth-order valence-electron chi connectivity index (χ4n) is 3.70. The average Bonchev–Trinajstić information content (AvgIpc) is 3.07. The van der Waals surface area contributed by atoms with Gasteiger partial charge in [0.25, 0.3) is 0 Å². The summed E-state index contributed by atoms with van der Waals surface area (Å²) in [5, 5.41) is 2.95. The van der Waals surface area contributed by atoms with Crippen molar-refractivity contribution in [1.82, 2.24) is 15.2 Å². The normalized spacial score (nSPS) is 19.0. The van der Waals surface area contributed by atoms with Crippen LogP contribution in [0.15, 0.2) is 54.7 Å². The Morgan fingerprint density at radius 2 is 1.86 bits per heavy atom. The fraction of sp³-hybridized carbons (Fsp3) is 0.435. The third kappa shape index (κ3) is 5.34. The number of likely N-dealkylation sites (tertiary alicyclic amines) is 1. The molecule has 0 bridgehead atoms. The van der Waals surface area contributed by atoms with Crippen LogP contribution in [0, 0.1) is 5.92 Å². The summed E-state index contributed by atoms with van der Waals surface area (Å²) in [4.78, 5) is 31.6. The number of alkyl carbamates (subject to hydrolysis) is 1. The van der Waals surface area contributed by atoms with Crippen molar-refractivity contribution in [2.24, 2.45) is 5.92 Å². The summed E-state index contributed by atoms with van der Waals surface area (Å²) in [5.41, 5.74) is 1.22. The molecule has 1 fully saturated rings. The number of rotatable bonds is 5. The van der Waals surface area contributed by atoms with Gasteiger partial charge < -0.3 is 15.0 Å². The summed E-state index contributed by atoms with van der Waals surface area (Å²) < 4.78 is 5.44. The van der Waals surface area contributed by atoms with E-state index in [1.165, 1.54) is 0 Å². The molecule has 1 aliphatic rings.